The molecule has 1 aliphatic carbocycles. The Hall–Kier alpha value is -1.09. The van der Waals surface area contributed by atoms with Crippen LogP contribution in [0.25, 0.3) is 11.0 Å². The van der Waals surface area contributed by atoms with Crippen molar-refractivity contribution in [3.8, 4) is 0 Å². The summed E-state index contributed by atoms with van der Waals surface area (Å²) >= 11 is 5.86. The predicted octanol–water partition coefficient (Wildman–Crippen LogP) is 4.04. The molecule has 1 fully saturated rings. The fraction of sp³-hybridized carbons (Fsp3) is 0.462. The van der Waals surface area contributed by atoms with Gasteiger partial charge >= 0.3 is 0 Å². The van der Waals surface area contributed by atoms with E-state index in [1.54, 1.807) is 6.07 Å². The molecule has 0 amide bonds. The van der Waals surface area contributed by atoms with Crippen molar-refractivity contribution in [3.05, 3.63) is 28.8 Å². The number of nitrogens with zero attached hydrogens (tertiary/aromatic N) is 2. The summed E-state index contributed by atoms with van der Waals surface area (Å²) in [7, 11) is 0. The molecule has 1 aliphatic rings. The van der Waals surface area contributed by atoms with Crippen LogP contribution in [0.5, 0.6) is 0 Å². The van der Waals surface area contributed by atoms with Crippen molar-refractivity contribution in [2.24, 2.45) is 0 Å². The second kappa shape index (κ2) is 3.45. The van der Waals surface area contributed by atoms with Crippen molar-refractivity contribution in [1.29, 1.82) is 0 Å². The van der Waals surface area contributed by atoms with Crippen molar-refractivity contribution in [3.63, 3.8) is 0 Å². The number of rotatable bonds is 1. The number of benzene rings is 1. The molecule has 90 valence electrons. The zero-order valence-corrected chi connectivity index (χ0v) is 10.7. The minimum atomic E-state index is -0.400. The maximum Gasteiger partial charge on any atom is 0.144 e. The Morgan fingerprint density at radius 1 is 1.41 bits per heavy atom. The van der Waals surface area contributed by atoms with E-state index in [9.17, 15) is 4.39 Å². The zero-order valence-electron chi connectivity index (χ0n) is 9.93. The molecule has 1 aromatic carbocycles. The average molecular weight is 253 g/mol. The van der Waals surface area contributed by atoms with Crippen molar-refractivity contribution in [2.75, 3.05) is 0 Å². The van der Waals surface area contributed by atoms with E-state index in [-0.39, 0.29) is 10.6 Å². The Bertz CT molecular complexity index is 599. The summed E-state index contributed by atoms with van der Waals surface area (Å²) in [6.07, 6.45) is 3.53. The van der Waals surface area contributed by atoms with Gasteiger partial charge in [-0.05, 0) is 39.2 Å². The molecule has 0 N–H and O–H groups in total. The van der Waals surface area contributed by atoms with E-state index >= 15 is 0 Å². The first-order valence-corrected chi connectivity index (χ1v) is 6.24. The van der Waals surface area contributed by atoms with Crippen LogP contribution in [0.4, 0.5) is 4.39 Å². The number of aryl methyl sites for hydroxylation is 1. The van der Waals surface area contributed by atoms with E-state index in [4.69, 9.17) is 11.6 Å². The van der Waals surface area contributed by atoms with Gasteiger partial charge in [0.1, 0.15) is 11.6 Å². The third-order valence-corrected chi connectivity index (χ3v) is 4.12. The lowest BCUT2D eigenvalue weighted by molar-refractivity contribution is 0.171. The molecule has 1 saturated carbocycles. The molecule has 4 heteroatoms. The van der Waals surface area contributed by atoms with Gasteiger partial charge in [0.25, 0.3) is 0 Å². The van der Waals surface area contributed by atoms with Gasteiger partial charge in [-0.2, -0.15) is 0 Å². The summed E-state index contributed by atoms with van der Waals surface area (Å²) in [6, 6.07) is 3.11. The van der Waals surface area contributed by atoms with Gasteiger partial charge in [0.15, 0.2) is 0 Å². The molecule has 0 spiro atoms. The molecule has 1 aromatic heterocycles. The van der Waals surface area contributed by atoms with Crippen molar-refractivity contribution >= 4 is 22.6 Å². The molecule has 0 unspecified atom stereocenters. The standard InChI is InChI=1S/C13H14ClFN2/c1-8-16-11-7-10(15)9(14)6-12(11)17(8)13(2)4-3-5-13/h6-7H,3-5H2,1-2H3. The SMILES string of the molecule is Cc1nc2cc(F)c(Cl)cc2n1C1(C)CCC1. The van der Waals surface area contributed by atoms with Crippen LogP contribution in [0.3, 0.4) is 0 Å². The largest absolute Gasteiger partial charge is 0.322 e. The van der Waals surface area contributed by atoms with Gasteiger partial charge in [-0.3, -0.25) is 0 Å². The third kappa shape index (κ3) is 1.48. The van der Waals surface area contributed by atoms with E-state index in [0.717, 1.165) is 24.2 Å². The summed E-state index contributed by atoms with van der Waals surface area (Å²) < 4.78 is 15.6. The molecule has 2 aromatic rings. The zero-order chi connectivity index (χ0) is 12.2. The predicted molar refractivity (Wildman–Crippen MR) is 66.9 cm³/mol. The fourth-order valence-corrected chi connectivity index (χ4v) is 2.94. The molecular weight excluding hydrogens is 239 g/mol. The Morgan fingerprint density at radius 3 is 2.71 bits per heavy atom. The molecule has 0 aliphatic heterocycles. The van der Waals surface area contributed by atoms with Crippen LogP contribution in [-0.4, -0.2) is 9.55 Å². The summed E-state index contributed by atoms with van der Waals surface area (Å²) in [5.41, 5.74) is 1.76. The van der Waals surface area contributed by atoms with Gasteiger partial charge in [-0.25, -0.2) is 9.37 Å². The van der Waals surface area contributed by atoms with Crippen LogP contribution >= 0.6 is 11.6 Å². The molecule has 17 heavy (non-hydrogen) atoms. The highest BCUT2D eigenvalue weighted by Gasteiger charge is 2.36. The number of hydrogen-bond donors (Lipinski definition) is 0. The minimum Gasteiger partial charge on any atom is -0.322 e. The van der Waals surface area contributed by atoms with Gasteiger partial charge in [0.05, 0.1) is 16.1 Å². The van der Waals surface area contributed by atoms with Crippen molar-refractivity contribution in [2.45, 2.75) is 38.6 Å². The number of hydrogen-bond acceptors (Lipinski definition) is 1. The molecule has 0 radical (unpaired) electrons. The summed E-state index contributed by atoms with van der Waals surface area (Å²) in [6.45, 7) is 4.19. The number of halogens is 2. The molecule has 0 saturated heterocycles. The topological polar surface area (TPSA) is 17.8 Å². The van der Waals surface area contributed by atoms with Gasteiger partial charge in [0, 0.05) is 11.6 Å². The molecule has 2 nitrogen and oxygen atoms in total. The van der Waals surface area contributed by atoms with E-state index < -0.39 is 5.82 Å². The second-order valence-electron chi connectivity index (χ2n) is 5.10. The Labute approximate surface area is 104 Å². The van der Waals surface area contributed by atoms with Crippen LogP contribution < -0.4 is 0 Å². The average Bonchev–Trinajstić information content (AvgIpc) is 2.52. The summed E-state index contributed by atoms with van der Waals surface area (Å²) in [4.78, 5) is 4.43. The Kier molecular flexibility index (Phi) is 2.24. The highest BCUT2D eigenvalue weighted by Crippen LogP contribution is 2.42. The maximum absolute atomic E-state index is 13.4. The third-order valence-electron chi connectivity index (χ3n) is 3.83. The lowest BCUT2D eigenvalue weighted by Crippen LogP contribution is -2.37. The number of aromatic nitrogens is 2. The van der Waals surface area contributed by atoms with Crippen LogP contribution in [0.2, 0.25) is 5.02 Å². The van der Waals surface area contributed by atoms with Crippen LogP contribution in [0.15, 0.2) is 12.1 Å². The number of fused-ring (bicyclic) bond motifs is 1. The minimum absolute atomic E-state index is 0.125. The number of imidazole rings is 1. The van der Waals surface area contributed by atoms with Gasteiger partial charge in [-0.15, -0.1) is 0 Å². The molecule has 3 rings (SSSR count). The van der Waals surface area contributed by atoms with Crippen LogP contribution in [0, 0.1) is 12.7 Å². The molecule has 0 atom stereocenters. The highest BCUT2D eigenvalue weighted by molar-refractivity contribution is 6.31. The van der Waals surface area contributed by atoms with E-state index in [0.29, 0.717) is 5.52 Å². The normalized spacial score (nSPS) is 18.4. The Morgan fingerprint density at radius 2 is 2.12 bits per heavy atom. The van der Waals surface area contributed by atoms with E-state index in [1.807, 2.05) is 6.92 Å². The molecule has 0 bridgehead atoms. The monoisotopic (exact) mass is 252 g/mol. The highest BCUT2D eigenvalue weighted by atomic mass is 35.5. The first-order valence-electron chi connectivity index (χ1n) is 5.86. The van der Waals surface area contributed by atoms with E-state index in [1.165, 1.54) is 12.5 Å². The summed E-state index contributed by atoms with van der Waals surface area (Å²) in [5.74, 6) is 0.534. The first-order chi connectivity index (χ1) is 8.01. The van der Waals surface area contributed by atoms with Crippen molar-refractivity contribution < 1.29 is 4.39 Å². The molecular formula is C13H14ClFN2. The van der Waals surface area contributed by atoms with Crippen LogP contribution in [0.1, 0.15) is 32.0 Å². The second-order valence-corrected chi connectivity index (χ2v) is 5.51. The molecule has 1 heterocycles. The Balaban J connectivity index is 2.30. The lowest BCUT2D eigenvalue weighted by atomic mass is 9.78. The van der Waals surface area contributed by atoms with Crippen molar-refractivity contribution in [1.82, 2.24) is 9.55 Å². The van der Waals surface area contributed by atoms with E-state index in [2.05, 4.69) is 16.5 Å². The maximum atomic E-state index is 13.4. The fourth-order valence-electron chi connectivity index (χ4n) is 2.79. The van der Waals surface area contributed by atoms with Gasteiger partial charge in [0.2, 0.25) is 0 Å². The van der Waals surface area contributed by atoms with Gasteiger partial charge < -0.3 is 4.57 Å². The summed E-state index contributed by atoms with van der Waals surface area (Å²) in [5, 5.41) is 0.168. The smallest absolute Gasteiger partial charge is 0.144 e. The van der Waals surface area contributed by atoms with Crippen LogP contribution in [-0.2, 0) is 5.54 Å². The van der Waals surface area contributed by atoms with Gasteiger partial charge in [-0.1, -0.05) is 11.6 Å². The quantitative estimate of drug-likeness (QED) is 0.749. The lowest BCUT2D eigenvalue weighted by Gasteiger charge is -2.41. The first kappa shape index (κ1) is 11.0.